The van der Waals surface area contributed by atoms with E-state index in [2.05, 4.69) is 10.3 Å². The van der Waals surface area contributed by atoms with Gasteiger partial charge in [0, 0.05) is 29.9 Å². The quantitative estimate of drug-likeness (QED) is 0.482. The Morgan fingerprint density at radius 2 is 1.77 bits per heavy atom. The summed E-state index contributed by atoms with van der Waals surface area (Å²) < 4.78 is 0. The van der Waals surface area contributed by atoms with E-state index >= 15 is 0 Å². The molecule has 0 saturated carbocycles. The number of rotatable bonds is 8. The van der Waals surface area contributed by atoms with Crippen LogP contribution in [0.1, 0.15) is 33.3 Å². The maximum absolute atomic E-state index is 11.8. The second-order valence-electron chi connectivity index (χ2n) is 5.51. The van der Waals surface area contributed by atoms with Gasteiger partial charge in [-0.15, -0.1) is 0 Å². The first-order chi connectivity index (χ1) is 11.4. The van der Waals surface area contributed by atoms with Gasteiger partial charge in [0.2, 0.25) is 5.91 Å². The van der Waals surface area contributed by atoms with Crippen LogP contribution >= 0.6 is 0 Å². The highest BCUT2D eigenvalue weighted by atomic mass is 16.4. The molecule has 2 rings (SSSR count). The van der Waals surface area contributed by atoms with Crippen molar-refractivity contribution in [1.29, 1.82) is 0 Å². The van der Waals surface area contributed by atoms with E-state index in [1.807, 2.05) is 24.3 Å². The molecule has 0 aliphatic carbocycles. The summed E-state index contributed by atoms with van der Waals surface area (Å²) in [6, 6.07) is 5.21. The minimum atomic E-state index is -1.20. The van der Waals surface area contributed by atoms with E-state index in [0.717, 1.165) is 16.5 Å². The summed E-state index contributed by atoms with van der Waals surface area (Å²) in [5.74, 6) is -2.90. The zero-order valence-corrected chi connectivity index (χ0v) is 12.9. The number of carboxylic acid groups (broad SMARTS) is 2. The highest BCUT2D eigenvalue weighted by Crippen LogP contribution is 2.19. The molecule has 144 valence electrons. The van der Waals surface area contributed by atoms with Gasteiger partial charge in [0.15, 0.2) is 0 Å². The molecule has 0 radical (unpaired) electrons. The molecular formula is C18H27N3O5. The number of hydrogen-bond acceptors (Lipinski definition) is 4. The molecule has 0 fully saturated rings. The zero-order chi connectivity index (χ0) is 17.7. The Kier molecular flexibility index (Phi) is 9.07. The second kappa shape index (κ2) is 10.2. The van der Waals surface area contributed by atoms with Gasteiger partial charge in [0.25, 0.3) is 0 Å². The van der Waals surface area contributed by atoms with Gasteiger partial charge in [-0.25, -0.2) is 4.79 Å². The number of benzene rings is 1. The fraction of sp³-hybridized carbons (Fsp3) is 0.389. The Bertz CT molecular complexity index is 756. The smallest absolute Gasteiger partial charge is 0.326 e. The van der Waals surface area contributed by atoms with Crippen molar-refractivity contribution in [3.05, 3.63) is 36.0 Å². The van der Waals surface area contributed by atoms with Crippen molar-refractivity contribution < 1.29 is 24.6 Å². The molecule has 0 saturated heterocycles. The number of aliphatic carboxylic acids is 2. The van der Waals surface area contributed by atoms with Crippen LogP contribution in [0.4, 0.5) is 0 Å². The van der Waals surface area contributed by atoms with Crippen LogP contribution in [-0.2, 0) is 20.8 Å². The summed E-state index contributed by atoms with van der Waals surface area (Å²) in [4.78, 5) is 36.9. The molecule has 0 spiro atoms. The fourth-order valence-electron chi connectivity index (χ4n) is 2.40. The van der Waals surface area contributed by atoms with E-state index in [1.54, 1.807) is 6.20 Å². The normalized spacial score (nSPS) is 12.3. The number of aromatic amines is 1. The van der Waals surface area contributed by atoms with Crippen molar-refractivity contribution in [3.8, 4) is 0 Å². The maximum Gasteiger partial charge on any atom is 0.326 e. The summed E-state index contributed by atoms with van der Waals surface area (Å²) in [5.41, 5.74) is 6.99. The zero-order valence-electron chi connectivity index (χ0n) is 12.9. The molecule has 1 amide bonds. The minimum Gasteiger partial charge on any atom is -0.480 e. The first-order valence-corrected chi connectivity index (χ1v) is 7.44. The number of aromatic nitrogens is 1. The Hall–Kier alpha value is -2.87. The van der Waals surface area contributed by atoms with Gasteiger partial charge in [0.1, 0.15) is 12.1 Å². The molecule has 0 unspecified atom stereocenters. The molecule has 1 heterocycles. The van der Waals surface area contributed by atoms with Crippen molar-refractivity contribution >= 4 is 28.7 Å². The van der Waals surface area contributed by atoms with Gasteiger partial charge in [-0.05, 0) is 18.1 Å². The molecule has 6 N–H and O–H groups in total. The van der Waals surface area contributed by atoms with Crippen LogP contribution in [0.3, 0.4) is 0 Å². The molecule has 1 aromatic carbocycles. The topological polar surface area (TPSA) is 146 Å². The highest BCUT2D eigenvalue weighted by molar-refractivity contribution is 5.87. The lowest BCUT2D eigenvalue weighted by Crippen LogP contribution is -2.43. The lowest BCUT2D eigenvalue weighted by atomic mass is 10.0. The summed E-state index contributed by atoms with van der Waals surface area (Å²) in [6.45, 7) is 0. The van der Waals surface area contributed by atoms with Gasteiger partial charge in [-0.1, -0.05) is 33.1 Å². The second-order valence-corrected chi connectivity index (χ2v) is 5.51. The van der Waals surface area contributed by atoms with E-state index in [9.17, 15) is 19.5 Å². The summed E-state index contributed by atoms with van der Waals surface area (Å²) in [7, 11) is 0. The molecule has 0 bridgehead atoms. The van der Waals surface area contributed by atoms with Crippen LogP contribution in [-0.4, -0.2) is 45.1 Å². The lowest BCUT2D eigenvalue weighted by Gasteiger charge is -2.15. The highest BCUT2D eigenvalue weighted by Gasteiger charge is 2.22. The molecule has 2 atom stereocenters. The first kappa shape index (κ1) is 23.1. The standard InChI is InChI=1S/C16H19N3O5.2CH4/c17-11(15(21)22)5-6-14(20)19-13(16(23)24)7-9-8-18-12-4-2-1-3-10(9)12;;/h1-4,8,11,13,18H,5-7,17H2,(H,19,20)(H,21,22)(H,23,24);2*1H4/t11-,13-;;/m1../s1. The number of para-hydroxylation sites is 1. The SMILES string of the molecule is C.C.N[C@H](CCC(=O)N[C@H](Cc1c[nH]c2ccccc12)C(=O)O)C(=O)O. The Balaban J connectivity index is 0.00000312. The van der Waals surface area contributed by atoms with Crippen molar-refractivity contribution in [3.63, 3.8) is 0 Å². The first-order valence-electron chi connectivity index (χ1n) is 7.44. The van der Waals surface area contributed by atoms with Crippen LogP contribution in [0.5, 0.6) is 0 Å². The third kappa shape index (κ3) is 5.89. The third-order valence-corrected chi connectivity index (χ3v) is 3.73. The van der Waals surface area contributed by atoms with E-state index in [-0.39, 0.29) is 34.1 Å². The predicted octanol–water partition coefficient (Wildman–Crippen LogP) is 1.74. The largest absolute Gasteiger partial charge is 0.480 e. The maximum atomic E-state index is 11.8. The van der Waals surface area contributed by atoms with Crippen LogP contribution in [0.2, 0.25) is 0 Å². The molecular weight excluding hydrogens is 338 g/mol. The summed E-state index contributed by atoms with van der Waals surface area (Å²) >= 11 is 0. The van der Waals surface area contributed by atoms with Crippen LogP contribution < -0.4 is 11.1 Å². The average Bonchev–Trinajstić information content (AvgIpc) is 2.95. The molecule has 2 aromatic rings. The number of carboxylic acids is 2. The summed E-state index contributed by atoms with van der Waals surface area (Å²) in [5, 5.41) is 21.3. The number of nitrogens with one attached hydrogen (secondary N) is 2. The van der Waals surface area contributed by atoms with Gasteiger partial charge >= 0.3 is 11.9 Å². The van der Waals surface area contributed by atoms with Crippen LogP contribution in [0.15, 0.2) is 30.5 Å². The molecule has 0 aliphatic heterocycles. The third-order valence-electron chi connectivity index (χ3n) is 3.73. The Morgan fingerprint density at radius 1 is 1.12 bits per heavy atom. The van der Waals surface area contributed by atoms with Gasteiger partial charge in [0.05, 0.1) is 0 Å². The number of carbonyl (C=O) groups is 3. The predicted molar refractivity (Wildman–Crippen MR) is 99.9 cm³/mol. The molecule has 8 heteroatoms. The molecule has 8 nitrogen and oxygen atoms in total. The number of carbonyl (C=O) groups excluding carboxylic acids is 1. The van der Waals surface area contributed by atoms with Gasteiger partial charge in [-0.3, -0.25) is 9.59 Å². The van der Waals surface area contributed by atoms with Crippen molar-refractivity contribution in [2.24, 2.45) is 5.73 Å². The number of amides is 1. The number of nitrogens with two attached hydrogens (primary N) is 1. The average molecular weight is 365 g/mol. The number of fused-ring (bicyclic) bond motifs is 1. The lowest BCUT2D eigenvalue weighted by molar-refractivity contribution is -0.142. The summed E-state index contributed by atoms with van der Waals surface area (Å²) in [6.07, 6.45) is 1.63. The van der Waals surface area contributed by atoms with Crippen molar-refractivity contribution in [2.45, 2.75) is 46.2 Å². The van der Waals surface area contributed by atoms with Crippen LogP contribution in [0, 0.1) is 0 Å². The molecule has 1 aromatic heterocycles. The van der Waals surface area contributed by atoms with Gasteiger partial charge in [-0.2, -0.15) is 0 Å². The molecule has 0 aliphatic rings. The van der Waals surface area contributed by atoms with Crippen molar-refractivity contribution in [1.82, 2.24) is 10.3 Å². The monoisotopic (exact) mass is 365 g/mol. The van der Waals surface area contributed by atoms with E-state index < -0.39 is 29.9 Å². The van der Waals surface area contributed by atoms with E-state index in [1.165, 1.54) is 0 Å². The van der Waals surface area contributed by atoms with Crippen LogP contribution in [0.25, 0.3) is 10.9 Å². The van der Waals surface area contributed by atoms with Gasteiger partial charge < -0.3 is 26.2 Å². The Morgan fingerprint density at radius 3 is 2.38 bits per heavy atom. The molecule has 26 heavy (non-hydrogen) atoms. The number of H-pyrrole nitrogens is 1. The fourth-order valence-corrected chi connectivity index (χ4v) is 2.40. The van der Waals surface area contributed by atoms with E-state index in [0.29, 0.717) is 0 Å². The Labute approximate surface area is 152 Å². The van der Waals surface area contributed by atoms with Crippen molar-refractivity contribution in [2.75, 3.05) is 0 Å². The number of hydrogen-bond donors (Lipinski definition) is 5. The minimum absolute atomic E-state index is 0. The van der Waals surface area contributed by atoms with E-state index in [4.69, 9.17) is 10.8 Å².